The molecule has 1 aliphatic heterocycles. The average Bonchev–Trinajstić information content (AvgIpc) is 3.34. The van der Waals surface area contributed by atoms with Crippen LogP contribution in [0.1, 0.15) is 23.3 Å². The van der Waals surface area contributed by atoms with E-state index >= 15 is 4.39 Å². The van der Waals surface area contributed by atoms with E-state index in [1.165, 1.54) is 21.8 Å². The maximum Gasteiger partial charge on any atom is 0.281 e. The lowest BCUT2D eigenvalue weighted by atomic mass is 10.0. The monoisotopic (exact) mass is 502 g/mol. The third-order valence-electron chi connectivity index (χ3n) is 6.29. The number of carbonyl (C=O) groups is 1. The Morgan fingerprint density at radius 1 is 1.14 bits per heavy atom. The van der Waals surface area contributed by atoms with Crippen LogP contribution in [0.2, 0.25) is 5.02 Å². The third-order valence-corrected chi connectivity index (χ3v) is 6.60. The molecule has 0 radical (unpaired) electrons. The Balaban J connectivity index is 1.45. The molecule has 0 saturated carbocycles. The number of piperidine rings is 1. The first-order valence-corrected chi connectivity index (χ1v) is 11.9. The average molecular weight is 503 g/mol. The Labute approximate surface area is 209 Å². The van der Waals surface area contributed by atoms with Crippen molar-refractivity contribution in [2.45, 2.75) is 18.9 Å². The SMILES string of the molecule is O=C(c1ncc(-n2nnc3cccnc32)cc1F)N(c1nccc2cccc(Cl)c12)[C@@H]1CCCNC1. The number of carbonyl (C=O) groups excluding carboxylic acids is 1. The number of halogens is 2. The third kappa shape index (κ3) is 3.84. The highest BCUT2D eigenvalue weighted by Gasteiger charge is 2.33. The van der Waals surface area contributed by atoms with Crippen molar-refractivity contribution in [2.75, 3.05) is 18.0 Å². The molecule has 1 atom stereocenters. The number of nitrogens with one attached hydrogen (secondary N) is 1. The lowest BCUT2D eigenvalue weighted by molar-refractivity contribution is 0.0962. The Morgan fingerprint density at radius 2 is 2.06 bits per heavy atom. The Hall–Kier alpha value is -4.02. The molecule has 36 heavy (non-hydrogen) atoms. The van der Waals surface area contributed by atoms with Crippen molar-refractivity contribution in [2.24, 2.45) is 0 Å². The molecule has 1 saturated heterocycles. The number of aromatic nitrogens is 6. The van der Waals surface area contributed by atoms with E-state index in [1.807, 2.05) is 18.2 Å². The van der Waals surface area contributed by atoms with Crippen molar-refractivity contribution >= 4 is 45.3 Å². The van der Waals surface area contributed by atoms with Gasteiger partial charge in [0.05, 0.1) is 22.9 Å². The minimum Gasteiger partial charge on any atom is -0.315 e. The second kappa shape index (κ2) is 9.21. The van der Waals surface area contributed by atoms with Gasteiger partial charge in [-0.25, -0.2) is 19.3 Å². The number of amides is 1. The summed E-state index contributed by atoms with van der Waals surface area (Å²) in [6, 6.07) is 11.8. The zero-order valence-corrected chi connectivity index (χ0v) is 19.7. The number of rotatable bonds is 4. The van der Waals surface area contributed by atoms with Gasteiger partial charge in [-0.2, -0.15) is 4.68 Å². The molecule has 0 unspecified atom stereocenters. The predicted molar refractivity (Wildman–Crippen MR) is 134 cm³/mol. The lowest BCUT2D eigenvalue weighted by Gasteiger charge is -2.34. The maximum atomic E-state index is 15.5. The van der Waals surface area contributed by atoms with Crippen LogP contribution in [0.5, 0.6) is 0 Å². The van der Waals surface area contributed by atoms with Crippen molar-refractivity contribution in [3.8, 4) is 5.69 Å². The molecule has 5 aromatic rings. The van der Waals surface area contributed by atoms with Crippen LogP contribution < -0.4 is 10.2 Å². The van der Waals surface area contributed by atoms with Gasteiger partial charge in [-0.1, -0.05) is 28.9 Å². The van der Waals surface area contributed by atoms with Crippen molar-refractivity contribution in [3.05, 3.63) is 77.6 Å². The number of fused-ring (bicyclic) bond motifs is 2. The van der Waals surface area contributed by atoms with E-state index in [9.17, 15) is 4.79 Å². The number of hydrogen-bond acceptors (Lipinski definition) is 7. The largest absolute Gasteiger partial charge is 0.315 e. The molecule has 4 aromatic heterocycles. The molecule has 5 heterocycles. The highest BCUT2D eigenvalue weighted by Crippen LogP contribution is 2.34. The fourth-order valence-corrected chi connectivity index (χ4v) is 4.86. The number of pyridine rings is 3. The van der Waals surface area contributed by atoms with E-state index in [-0.39, 0.29) is 11.7 Å². The van der Waals surface area contributed by atoms with Crippen LogP contribution in [0, 0.1) is 5.82 Å². The summed E-state index contributed by atoms with van der Waals surface area (Å²) in [6.45, 7) is 1.40. The lowest BCUT2D eigenvalue weighted by Crippen LogP contribution is -2.49. The molecule has 1 N–H and O–H groups in total. The smallest absolute Gasteiger partial charge is 0.281 e. The summed E-state index contributed by atoms with van der Waals surface area (Å²) < 4.78 is 16.9. The van der Waals surface area contributed by atoms with Gasteiger partial charge < -0.3 is 5.32 Å². The van der Waals surface area contributed by atoms with Crippen LogP contribution in [0.3, 0.4) is 0 Å². The second-order valence-electron chi connectivity index (χ2n) is 8.52. The van der Waals surface area contributed by atoms with E-state index in [0.29, 0.717) is 39.6 Å². The van der Waals surface area contributed by atoms with Crippen LogP contribution in [0.25, 0.3) is 27.6 Å². The summed E-state index contributed by atoms with van der Waals surface area (Å²) in [5.74, 6) is -0.986. The van der Waals surface area contributed by atoms with Gasteiger partial charge in [-0.3, -0.25) is 9.69 Å². The van der Waals surface area contributed by atoms with E-state index in [1.54, 1.807) is 30.6 Å². The van der Waals surface area contributed by atoms with Crippen molar-refractivity contribution in [3.63, 3.8) is 0 Å². The van der Waals surface area contributed by atoms with Gasteiger partial charge in [0.1, 0.15) is 11.3 Å². The first kappa shape index (κ1) is 22.4. The topological polar surface area (TPSA) is 102 Å². The first-order chi connectivity index (χ1) is 17.6. The van der Waals surface area contributed by atoms with E-state index in [2.05, 4.69) is 30.6 Å². The minimum absolute atomic E-state index is 0.245. The number of anilines is 1. The normalized spacial score (nSPS) is 15.9. The number of benzene rings is 1. The fourth-order valence-electron chi connectivity index (χ4n) is 4.59. The summed E-state index contributed by atoms with van der Waals surface area (Å²) in [5.41, 5.74) is 1.02. The molecule has 0 bridgehead atoms. The molecule has 11 heteroatoms. The van der Waals surface area contributed by atoms with Crippen LogP contribution in [0.4, 0.5) is 10.2 Å². The molecule has 0 spiro atoms. The van der Waals surface area contributed by atoms with E-state index < -0.39 is 11.7 Å². The zero-order valence-electron chi connectivity index (χ0n) is 19.0. The summed E-state index contributed by atoms with van der Waals surface area (Å²) in [4.78, 5) is 28.4. The number of hydrogen-bond donors (Lipinski definition) is 1. The Kier molecular flexibility index (Phi) is 5.74. The van der Waals surface area contributed by atoms with Gasteiger partial charge in [-0.15, -0.1) is 5.10 Å². The first-order valence-electron chi connectivity index (χ1n) is 11.5. The number of nitrogens with zero attached hydrogens (tertiary/aromatic N) is 7. The highest BCUT2D eigenvalue weighted by molar-refractivity contribution is 6.36. The maximum absolute atomic E-state index is 15.5. The van der Waals surface area contributed by atoms with Gasteiger partial charge >= 0.3 is 0 Å². The van der Waals surface area contributed by atoms with Crippen molar-refractivity contribution in [1.29, 1.82) is 0 Å². The van der Waals surface area contributed by atoms with Gasteiger partial charge in [0.25, 0.3) is 5.91 Å². The van der Waals surface area contributed by atoms with Gasteiger partial charge in [0, 0.05) is 30.4 Å². The van der Waals surface area contributed by atoms with Gasteiger partial charge in [-0.05, 0) is 49.0 Å². The minimum atomic E-state index is -0.780. The molecular weight excluding hydrogens is 483 g/mol. The van der Waals surface area contributed by atoms with E-state index in [4.69, 9.17) is 11.6 Å². The van der Waals surface area contributed by atoms with Crippen LogP contribution >= 0.6 is 11.6 Å². The van der Waals surface area contributed by atoms with Crippen molar-refractivity contribution < 1.29 is 9.18 Å². The summed E-state index contributed by atoms with van der Waals surface area (Å²) >= 11 is 6.55. The zero-order chi connectivity index (χ0) is 24.6. The van der Waals surface area contributed by atoms with E-state index in [0.717, 1.165) is 24.8 Å². The Morgan fingerprint density at radius 3 is 2.89 bits per heavy atom. The molecule has 9 nitrogen and oxygen atoms in total. The van der Waals surface area contributed by atoms with Crippen LogP contribution in [0.15, 0.2) is 61.1 Å². The molecule has 6 rings (SSSR count). The quantitative estimate of drug-likeness (QED) is 0.397. The molecule has 1 fully saturated rings. The Bertz CT molecular complexity index is 1590. The van der Waals surface area contributed by atoms with Crippen LogP contribution in [-0.4, -0.2) is 55.0 Å². The summed E-state index contributed by atoms with van der Waals surface area (Å²) in [5, 5.41) is 13.4. The predicted octanol–water partition coefficient (Wildman–Crippen LogP) is 3.95. The molecular formula is C25H20ClFN8O. The van der Waals surface area contributed by atoms with Crippen LogP contribution in [-0.2, 0) is 0 Å². The summed E-state index contributed by atoms with van der Waals surface area (Å²) in [7, 11) is 0. The van der Waals surface area contributed by atoms with Gasteiger partial charge in [0.2, 0.25) is 0 Å². The molecule has 1 amide bonds. The van der Waals surface area contributed by atoms with Gasteiger partial charge in [0.15, 0.2) is 17.2 Å². The van der Waals surface area contributed by atoms with Crippen molar-refractivity contribution in [1.82, 2.24) is 35.3 Å². The molecule has 0 aliphatic carbocycles. The summed E-state index contributed by atoms with van der Waals surface area (Å²) in [6.07, 6.45) is 6.22. The second-order valence-corrected chi connectivity index (χ2v) is 8.93. The molecule has 1 aliphatic rings. The standard InChI is InChI=1S/C25H20ClFN8O/c26-18-6-1-4-15-8-11-30-24(21(15)18)34(16-5-2-9-28-13-16)25(36)22-19(27)12-17(14-31-22)35-23-20(32-33-35)7-3-10-29-23/h1,3-4,6-8,10-12,14,16,28H,2,5,9,13H2/t16-/m1/s1. The highest BCUT2D eigenvalue weighted by atomic mass is 35.5. The molecule has 180 valence electrons. The molecule has 1 aromatic carbocycles. The fraction of sp³-hybridized carbons (Fsp3) is 0.200.